The fourth-order valence-corrected chi connectivity index (χ4v) is 5.69. The second kappa shape index (κ2) is 11.7. The lowest BCUT2D eigenvalue weighted by Gasteiger charge is -2.28. The summed E-state index contributed by atoms with van der Waals surface area (Å²) < 4.78 is 5.49. The van der Waals surface area contributed by atoms with Crippen molar-refractivity contribution in [1.29, 1.82) is 0 Å². The molecule has 0 saturated heterocycles. The van der Waals surface area contributed by atoms with Crippen LogP contribution in [0.2, 0.25) is 0 Å². The van der Waals surface area contributed by atoms with E-state index >= 15 is 0 Å². The number of ether oxygens (including phenoxy) is 1. The molecule has 0 unspecified atom stereocenters. The number of pyridine rings is 1. The van der Waals surface area contributed by atoms with E-state index in [4.69, 9.17) is 9.72 Å². The molecule has 0 radical (unpaired) electrons. The molecule has 3 aromatic carbocycles. The van der Waals surface area contributed by atoms with Crippen LogP contribution in [0.5, 0.6) is 0 Å². The minimum atomic E-state index is -0.519. The number of rotatable bonds is 8. The van der Waals surface area contributed by atoms with Crippen molar-refractivity contribution in [1.82, 2.24) is 4.98 Å². The van der Waals surface area contributed by atoms with Crippen LogP contribution in [0, 0.1) is 12.8 Å². The Morgan fingerprint density at radius 2 is 1.63 bits per heavy atom. The van der Waals surface area contributed by atoms with Crippen molar-refractivity contribution >= 4 is 22.7 Å². The van der Waals surface area contributed by atoms with Gasteiger partial charge in [-0.1, -0.05) is 86.0 Å². The third kappa shape index (κ3) is 5.85. The molecule has 5 rings (SSSR count). The number of carbonyl (C=O) groups excluding carboxylic acids is 2. The summed E-state index contributed by atoms with van der Waals surface area (Å²) in [5.41, 5.74) is 5.78. The highest BCUT2D eigenvalue weighted by atomic mass is 16.5. The highest BCUT2D eigenvalue weighted by Crippen LogP contribution is 2.38. The zero-order valence-electron chi connectivity index (χ0n) is 22.3. The van der Waals surface area contributed by atoms with E-state index in [9.17, 15) is 9.59 Å². The van der Waals surface area contributed by atoms with Crippen molar-refractivity contribution in [3.8, 4) is 11.3 Å². The molecular weight excluding hydrogens is 470 g/mol. The molecule has 4 heteroatoms. The van der Waals surface area contributed by atoms with Crippen molar-refractivity contribution in [2.75, 3.05) is 6.61 Å². The summed E-state index contributed by atoms with van der Waals surface area (Å²) in [5.74, 6) is 0.765. The van der Waals surface area contributed by atoms with Gasteiger partial charge in [-0.2, -0.15) is 0 Å². The predicted octanol–water partition coefficient (Wildman–Crippen LogP) is 8.32. The van der Waals surface area contributed by atoms with Gasteiger partial charge in [-0.05, 0) is 68.2 Å². The van der Waals surface area contributed by atoms with Gasteiger partial charge in [-0.3, -0.25) is 4.79 Å². The standard InChI is InChI=1S/C34H35NO3/c1-3-7-24-11-13-25(14-12-24)26-15-17-27(18-16-26)32-21-30(29-20-23(2)10-19-31(29)35-32)34(37)38-22-33(36)28-8-5-4-6-9-28/h4-6,8-10,15-21,24-25H,3,7,11-14,22H2,1-2H3. The van der Waals surface area contributed by atoms with Gasteiger partial charge in [-0.25, -0.2) is 9.78 Å². The van der Waals surface area contributed by atoms with Gasteiger partial charge in [0.05, 0.1) is 16.8 Å². The first-order valence-corrected chi connectivity index (χ1v) is 13.8. The Balaban J connectivity index is 1.37. The highest BCUT2D eigenvalue weighted by molar-refractivity contribution is 6.06. The van der Waals surface area contributed by atoms with Crippen LogP contribution < -0.4 is 0 Å². The van der Waals surface area contributed by atoms with Crippen LogP contribution in [0.1, 0.15) is 83.2 Å². The molecule has 38 heavy (non-hydrogen) atoms. The van der Waals surface area contributed by atoms with Crippen molar-refractivity contribution in [3.63, 3.8) is 0 Å². The van der Waals surface area contributed by atoms with E-state index in [-0.39, 0.29) is 12.4 Å². The normalized spacial score (nSPS) is 17.3. The van der Waals surface area contributed by atoms with Gasteiger partial charge in [-0.15, -0.1) is 0 Å². The van der Waals surface area contributed by atoms with E-state index in [1.54, 1.807) is 30.3 Å². The Morgan fingerprint density at radius 1 is 0.895 bits per heavy atom. The molecule has 0 amide bonds. The van der Waals surface area contributed by atoms with Crippen LogP contribution in [0.25, 0.3) is 22.2 Å². The maximum Gasteiger partial charge on any atom is 0.339 e. The third-order valence-corrected chi connectivity index (χ3v) is 7.84. The zero-order valence-corrected chi connectivity index (χ0v) is 22.3. The molecule has 1 saturated carbocycles. The Bertz CT molecular complexity index is 1420. The van der Waals surface area contributed by atoms with E-state index in [1.807, 2.05) is 31.2 Å². The van der Waals surface area contributed by atoms with E-state index in [0.29, 0.717) is 17.0 Å². The first-order valence-electron chi connectivity index (χ1n) is 13.8. The van der Waals surface area contributed by atoms with Gasteiger partial charge >= 0.3 is 5.97 Å². The zero-order chi connectivity index (χ0) is 26.5. The minimum absolute atomic E-state index is 0.229. The lowest BCUT2D eigenvalue weighted by Crippen LogP contribution is -2.15. The molecule has 0 N–H and O–H groups in total. The van der Waals surface area contributed by atoms with Gasteiger partial charge in [0, 0.05) is 16.5 Å². The number of esters is 1. The number of carbonyl (C=O) groups is 2. The summed E-state index contributed by atoms with van der Waals surface area (Å²) in [4.78, 5) is 30.6. The topological polar surface area (TPSA) is 56.3 Å². The largest absolute Gasteiger partial charge is 0.454 e. The lowest BCUT2D eigenvalue weighted by atomic mass is 9.77. The number of benzene rings is 3. The second-order valence-corrected chi connectivity index (χ2v) is 10.6. The monoisotopic (exact) mass is 505 g/mol. The van der Waals surface area contributed by atoms with Gasteiger partial charge in [0.1, 0.15) is 0 Å². The summed E-state index contributed by atoms with van der Waals surface area (Å²) in [6.45, 7) is 3.96. The number of aromatic nitrogens is 1. The Hall–Kier alpha value is -3.79. The highest BCUT2D eigenvalue weighted by Gasteiger charge is 2.22. The quantitative estimate of drug-likeness (QED) is 0.178. The Labute approximate surface area is 225 Å². The molecule has 0 bridgehead atoms. The van der Waals surface area contributed by atoms with Crippen LogP contribution in [-0.2, 0) is 4.74 Å². The average molecular weight is 506 g/mol. The fourth-order valence-electron chi connectivity index (χ4n) is 5.69. The predicted molar refractivity (Wildman–Crippen MR) is 153 cm³/mol. The van der Waals surface area contributed by atoms with Gasteiger partial charge < -0.3 is 4.74 Å². The summed E-state index contributed by atoms with van der Waals surface area (Å²) in [5, 5.41) is 0.728. The van der Waals surface area contributed by atoms with Crippen LogP contribution in [0.4, 0.5) is 0 Å². The van der Waals surface area contributed by atoms with Crippen LogP contribution >= 0.6 is 0 Å². The number of hydrogen-bond donors (Lipinski definition) is 0. The molecular formula is C34H35NO3. The van der Waals surface area contributed by atoms with Crippen molar-refractivity contribution in [3.05, 3.63) is 101 Å². The number of hydrogen-bond acceptors (Lipinski definition) is 4. The lowest BCUT2D eigenvalue weighted by molar-refractivity contribution is 0.0476. The maximum absolute atomic E-state index is 13.2. The molecule has 0 spiro atoms. The van der Waals surface area contributed by atoms with Crippen LogP contribution in [0.3, 0.4) is 0 Å². The molecule has 1 aliphatic carbocycles. The Kier molecular flexibility index (Phi) is 7.97. The van der Waals surface area contributed by atoms with Crippen LogP contribution in [0.15, 0.2) is 78.9 Å². The number of ketones is 1. The smallest absolute Gasteiger partial charge is 0.339 e. The van der Waals surface area contributed by atoms with E-state index in [2.05, 4.69) is 31.2 Å². The SMILES string of the molecule is CCCC1CCC(c2ccc(-c3cc(C(=O)OCC(=O)c4ccccc4)c4cc(C)ccc4n3)cc2)CC1. The second-order valence-electron chi connectivity index (χ2n) is 10.6. The van der Waals surface area contributed by atoms with Gasteiger partial charge in [0.2, 0.25) is 0 Å². The average Bonchev–Trinajstić information content (AvgIpc) is 2.96. The van der Waals surface area contributed by atoms with E-state index in [0.717, 1.165) is 33.6 Å². The first kappa shape index (κ1) is 25.8. The van der Waals surface area contributed by atoms with Crippen molar-refractivity contribution in [2.45, 2.75) is 58.3 Å². The van der Waals surface area contributed by atoms with Crippen molar-refractivity contribution < 1.29 is 14.3 Å². The molecule has 1 heterocycles. The number of aryl methyl sites for hydroxylation is 1. The summed E-state index contributed by atoms with van der Waals surface area (Å²) >= 11 is 0. The third-order valence-electron chi connectivity index (χ3n) is 7.84. The number of fused-ring (bicyclic) bond motifs is 1. The summed E-state index contributed by atoms with van der Waals surface area (Å²) in [7, 11) is 0. The summed E-state index contributed by atoms with van der Waals surface area (Å²) in [6.07, 6.45) is 7.80. The van der Waals surface area contributed by atoms with Crippen molar-refractivity contribution in [2.24, 2.45) is 5.92 Å². The van der Waals surface area contributed by atoms with E-state index < -0.39 is 5.97 Å². The summed E-state index contributed by atoms with van der Waals surface area (Å²) in [6, 6.07) is 25.2. The molecule has 0 atom stereocenters. The molecule has 1 fully saturated rings. The Morgan fingerprint density at radius 3 is 2.34 bits per heavy atom. The number of Topliss-reactive ketones (excluding diaryl/α,β-unsaturated/α-hetero) is 1. The first-order chi connectivity index (χ1) is 18.5. The molecule has 1 aliphatic rings. The molecule has 4 nitrogen and oxygen atoms in total. The van der Waals surface area contributed by atoms with E-state index in [1.165, 1.54) is 44.1 Å². The maximum atomic E-state index is 13.2. The van der Waals surface area contributed by atoms with Crippen LogP contribution in [-0.4, -0.2) is 23.3 Å². The van der Waals surface area contributed by atoms with Gasteiger partial charge in [0.15, 0.2) is 12.4 Å². The fraction of sp³-hybridized carbons (Fsp3) is 0.324. The molecule has 1 aromatic heterocycles. The number of nitrogens with zero attached hydrogens (tertiary/aromatic N) is 1. The molecule has 0 aliphatic heterocycles. The molecule has 194 valence electrons. The van der Waals surface area contributed by atoms with Gasteiger partial charge in [0.25, 0.3) is 0 Å². The minimum Gasteiger partial charge on any atom is -0.454 e. The molecule has 4 aromatic rings.